The van der Waals surface area contributed by atoms with Crippen molar-refractivity contribution in [2.24, 2.45) is 0 Å². The first-order valence-electron chi connectivity index (χ1n) is 6.74. The Balaban J connectivity index is 1.88. The highest BCUT2D eigenvalue weighted by molar-refractivity contribution is 7.13. The lowest BCUT2D eigenvalue weighted by molar-refractivity contribution is -0.380. The molecule has 0 bridgehead atoms. The van der Waals surface area contributed by atoms with Gasteiger partial charge in [-0.25, -0.2) is 0 Å². The predicted molar refractivity (Wildman–Crippen MR) is 77.2 cm³/mol. The van der Waals surface area contributed by atoms with Gasteiger partial charge in [0.15, 0.2) is 5.78 Å². The lowest BCUT2D eigenvalue weighted by Gasteiger charge is -2.25. The van der Waals surface area contributed by atoms with E-state index in [0.29, 0.717) is 24.0 Å². The van der Waals surface area contributed by atoms with E-state index in [1.807, 2.05) is 0 Å². The number of nitro groups is 1. The number of carbonyl (C=O) groups is 2. The van der Waals surface area contributed by atoms with Gasteiger partial charge < -0.3 is 4.90 Å². The van der Waals surface area contributed by atoms with E-state index >= 15 is 0 Å². The molecule has 0 spiro atoms. The summed E-state index contributed by atoms with van der Waals surface area (Å²) in [4.78, 5) is 36.7. The van der Waals surface area contributed by atoms with Crippen molar-refractivity contribution < 1.29 is 14.5 Å². The van der Waals surface area contributed by atoms with Crippen molar-refractivity contribution in [3.05, 3.63) is 38.8 Å². The third-order valence-electron chi connectivity index (χ3n) is 4.04. The van der Waals surface area contributed by atoms with Gasteiger partial charge in [-0.15, -0.1) is 0 Å². The van der Waals surface area contributed by atoms with Crippen molar-refractivity contribution in [1.82, 2.24) is 4.90 Å². The van der Waals surface area contributed by atoms with Crippen molar-refractivity contribution in [2.75, 3.05) is 0 Å². The Morgan fingerprint density at radius 2 is 2.19 bits per heavy atom. The molecule has 0 radical (unpaired) electrons. The second-order valence-electron chi connectivity index (χ2n) is 5.42. The van der Waals surface area contributed by atoms with E-state index in [1.165, 1.54) is 10.3 Å². The number of hydrogen-bond acceptors (Lipinski definition) is 5. The molecule has 0 N–H and O–H groups in total. The molecule has 1 fully saturated rings. The summed E-state index contributed by atoms with van der Waals surface area (Å²) in [6.45, 7) is 4.02. The van der Waals surface area contributed by atoms with Crippen LogP contribution in [-0.2, 0) is 11.3 Å². The van der Waals surface area contributed by atoms with Crippen LogP contribution < -0.4 is 0 Å². The zero-order chi connectivity index (χ0) is 15.1. The normalized spacial score (nSPS) is 22.4. The fourth-order valence-electron chi connectivity index (χ4n) is 2.99. The standard InChI is InChI=1S/C14H14N2O4S/c1-8-3-2-4-11(12(17)5-8)15-6-9-10(13(15)18)7-21-14(9)16(19)20/h7,11H,1-6H2. The van der Waals surface area contributed by atoms with Crippen LogP contribution in [0.15, 0.2) is 17.5 Å². The van der Waals surface area contributed by atoms with E-state index in [0.717, 1.165) is 29.8 Å². The average molecular weight is 306 g/mol. The van der Waals surface area contributed by atoms with Crippen molar-refractivity contribution in [1.29, 1.82) is 0 Å². The van der Waals surface area contributed by atoms with Gasteiger partial charge in [0, 0.05) is 11.8 Å². The van der Waals surface area contributed by atoms with E-state index in [-0.39, 0.29) is 23.2 Å². The Hall–Kier alpha value is -2.02. The molecule has 1 aliphatic heterocycles. The van der Waals surface area contributed by atoms with Gasteiger partial charge in [-0.3, -0.25) is 19.7 Å². The van der Waals surface area contributed by atoms with Crippen LogP contribution in [0.25, 0.3) is 0 Å². The van der Waals surface area contributed by atoms with Crippen molar-refractivity contribution in [2.45, 2.75) is 38.3 Å². The Labute approximate surface area is 125 Å². The number of nitrogens with zero attached hydrogens (tertiary/aromatic N) is 2. The van der Waals surface area contributed by atoms with Crippen LogP contribution in [0.1, 0.15) is 41.6 Å². The van der Waals surface area contributed by atoms with Gasteiger partial charge in [0.05, 0.1) is 28.6 Å². The molecular weight excluding hydrogens is 292 g/mol. The van der Waals surface area contributed by atoms with Gasteiger partial charge >= 0.3 is 5.00 Å². The molecule has 1 atom stereocenters. The molecule has 1 aromatic heterocycles. The maximum atomic E-state index is 12.4. The lowest BCUT2D eigenvalue weighted by atomic mass is 10.1. The second-order valence-corrected chi connectivity index (χ2v) is 6.28. The Morgan fingerprint density at radius 3 is 2.90 bits per heavy atom. The third-order valence-corrected chi connectivity index (χ3v) is 5.01. The molecular formula is C14H14N2O4S. The molecule has 0 aromatic carbocycles. The topological polar surface area (TPSA) is 80.5 Å². The van der Waals surface area contributed by atoms with Crippen LogP contribution >= 0.6 is 11.3 Å². The fourth-order valence-corrected chi connectivity index (χ4v) is 3.87. The van der Waals surface area contributed by atoms with Crippen LogP contribution in [0.4, 0.5) is 5.00 Å². The minimum Gasteiger partial charge on any atom is -0.324 e. The summed E-state index contributed by atoms with van der Waals surface area (Å²) in [6, 6.07) is -0.478. The first-order chi connectivity index (χ1) is 9.99. The lowest BCUT2D eigenvalue weighted by Crippen LogP contribution is -2.40. The van der Waals surface area contributed by atoms with E-state index in [4.69, 9.17) is 0 Å². The van der Waals surface area contributed by atoms with Crippen LogP contribution in [0, 0.1) is 10.1 Å². The summed E-state index contributed by atoms with van der Waals surface area (Å²) in [7, 11) is 0. The Bertz CT molecular complexity index is 664. The molecule has 1 amide bonds. The maximum Gasteiger partial charge on any atom is 0.329 e. The van der Waals surface area contributed by atoms with Crippen LogP contribution in [-0.4, -0.2) is 27.6 Å². The maximum absolute atomic E-state index is 12.4. The molecule has 1 aliphatic carbocycles. The number of carbonyl (C=O) groups excluding carboxylic acids is 2. The number of thiophene rings is 1. The average Bonchev–Trinajstić information content (AvgIpc) is 2.90. The zero-order valence-electron chi connectivity index (χ0n) is 11.3. The van der Waals surface area contributed by atoms with Crippen LogP contribution in [0.3, 0.4) is 0 Å². The molecule has 1 unspecified atom stereocenters. The van der Waals surface area contributed by atoms with Crippen molar-refractivity contribution >= 4 is 28.0 Å². The smallest absolute Gasteiger partial charge is 0.324 e. The minimum atomic E-state index is -0.478. The third kappa shape index (κ3) is 2.27. The number of rotatable bonds is 2. The summed E-state index contributed by atoms with van der Waals surface area (Å²) in [6.07, 6.45) is 2.51. The Morgan fingerprint density at radius 1 is 1.43 bits per heavy atom. The first-order valence-corrected chi connectivity index (χ1v) is 7.62. The fraction of sp³-hybridized carbons (Fsp3) is 0.429. The van der Waals surface area contributed by atoms with Crippen LogP contribution in [0.2, 0.25) is 0 Å². The quantitative estimate of drug-likeness (QED) is 0.364. The molecule has 21 heavy (non-hydrogen) atoms. The highest BCUT2D eigenvalue weighted by Crippen LogP contribution is 2.38. The summed E-state index contributed by atoms with van der Waals surface area (Å²) in [5, 5.41) is 12.5. The molecule has 3 rings (SSSR count). The molecule has 7 heteroatoms. The van der Waals surface area contributed by atoms with Gasteiger partial charge in [0.1, 0.15) is 0 Å². The zero-order valence-corrected chi connectivity index (χ0v) is 12.1. The van der Waals surface area contributed by atoms with E-state index in [1.54, 1.807) is 0 Å². The van der Waals surface area contributed by atoms with Gasteiger partial charge in [0.2, 0.25) is 0 Å². The SMILES string of the molecule is C=C1CCCC(N2Cc3c(csc3[N+](=O)[O-])C2=O)C(=O)C1. The molecule has 6 nitrogen and oxygen atoms in total. The number of Topliss-reactive ketones (excluding diaryl/α,β-unsaturated/α-hetero) is 1. The van der Waals surface area contributed by atoms with E-state index < -0.39 is 11.0 Å². The highest BCUT2D eigenvalue weighted by Gasteiger charge is 2.41. The monoisotopic (exact) mass is 306 g/mol. The molecule has 2 heterocycles. The Kier molecular flexibility index (Phi) is 3.36. The van der Waals surface area contributed by atoms with Gasteiger partial charge in [-0.1, -0.05) is 23.5 Å². The predicted octanol–water partition coefficient (Wildman–Crippen LogP) is 2.68. The summed E-state index contributed by atoms with van der Waals surface area (Å²) in [5.41, 5.74) is 1.72. The number of ketones is 1. The summed E-state index contributed by atoms with van der Waals surface area (Å²) in [5.74, 6) is -0.275. The first kappa shape index (κ1) is 13.9. The summed E-state index contributed by atoms with van der Waals surface area (Å²) < 4.78 is 0. The van der Waals surface area contributed by atoms with Gasteiger partial charge in [0.25, 0.3) is 5.91 Å². The molecule has 1 saturated carbocycles. The minimum absolute atomic E-state index is 0.00586. The number of fused-ring (bicyclic) bond motifs is 1. The molecule has 2 aliphatic rings. The number of hydrogen-bond donors (Lipinski definition) is 0. The molecule has 1 aromatic rings. The number of allylic oxidation sites excluding steroid dienone is 1. The van der Waals surface area contributed by atoms with E-state index in [2.05, 4.69) is 6.58 Å². The van der Waals surface area contributed by atoms with Crippen molar-refractivity contribution in [3.8, 4) is 0 Å². The second kappa shape index (κ2) is 5.07. The van der Waals surface area contributed by atoms with Gasteiger partial charge in [-0.05, 0) is 19.3 Å². The molecule has 0 saturated heterocycles. The van der Waals surface area contributed by atoms with E-state index in [9.17, 15) is 19.7 Å². The summed E-state index contributed by atoms with van der Waals surface area (Å²) >= 11 is 0.972. The van der Waals surface area contributed by atoms with Crippen molar-refractivity contribution in [3.63, 3.8) is 0 Å². The number of amides is 1. The molecule has 110 valence electrons. The largest absolute Gasteiger partial charge is 0.329 e. The highest BCUT2D eigenvalue weighted by atomic mass is 32.1. The van der Waals surface area contributed by atoms with Crippen LogP contribution in [0.5, 0.6) is 0 Å². The van der Waals surface area contributed by atoms with Gasteiger partial charge in [-0.2, -0.15) is 0 Å².